The van der Waals surface area contributed by atoms with E-state index >= 15 is 0 Å². The molecule has 2 rings (SSSR count). The van der Waals surface area contributed by atoms with Crippen LogP contribution in [0.2, 0.25) is 0 Å². The minimum Gasteiger partial charge on any atom is -0.355 e. The highest BCUT2D eigenvalue weighted by atomic mass is 32.2. The fourth-order valence-electron chi connectivity index (χ4n) is 1.54. The topological polar surface area (TPSA) is 72.2 Å². The smallest absolute Gasteiger partial charge is 0.272 e. The molecule has 0 radical (unpaired) electrons. The summed E-state index contributed by atoms with van der Waals surface area (Å²) < 4.78 is 13.5. The van der Waals surface area contributed by atoms with Crippen molar-refractivity contribution >= 4 is 23.4 Å². The van der Waals surface area contributed by atoms with Gasteiger partial charge in [-0.25, -0.2) is 4.39 Å². The number of amides is 1. The Labute approximate surface area is 101 Å². The summed E-state index contributed by atoms with van der Waals surface area (Å²) in [4.78, 5) is 21.3. The van der Waals surface area contributed by atoms with Gasteiger partial charge in [0.05, 0.1) is 16.2 Å². The van der Waals surface area contributed by atoms with Crippen LogP contribution in [0.1, 0.15) is 6.42 Å². The summed E-state index contributed by atoms with van der Waals surface area (Å²) in [5.74, 6) is -0.781. The largest absolute Gasteiger partial charge is 0.355 e. The molecule has 1 heterocycles. The first kappa shape index (κ1) is 11.8. The molecule has 1 aliphatic heterocycles. The van der Waals surface area contributed by atoms with Gasteiger partial charge < -0.3 is 5.32 Å². The maximum atomic E-state index is 13.5. The number of nitro groups is 1. The molecule has 5 nitrogen and oxygen atoms in total. The molecular weight excluding hydrogens is 247 g/mol. The summed E-state index contributed by atoms with van der Waals surface area (Å²) in [7, 11) is 0. The summed E-state index contributed by atoms with van der Waals surface area (Å²) in [5.41, 5.74) is -0.289. The summed E-state index contributed by atoms with van der Waals surface area (Å²) in [6.45, 7) is 0.588. The molecule has 0 aliphatic carbocycles. The lowest BCUT2D eigenvalue weighted by Crippen LogP contribution is -2.20. The molecule has 90 valence electrons. The Bertz CT molecular complexity index is 481. The van der Waals surface area contributed by atoms with Crippen LogP contribution in [-0.2, 0) is 4.79 Å². The fourth-order valence-corrected chi connectivity index (χ4v) is 2.59. The molecule has 0 bridgehead atoms. The average molecular weight is 256 g/mol. The Morgan fingerprint density at radius 3 is 2.82 bits per heavy atom. The monoisotopic (exact) mass is 256 g/mol. The maximum absolute atomic E-state index is 13.5. The SMILES string of the molecule is O=C1NCCC1Sc1ccc([N+](=O)[O-])cc1F. The van der Waals surface area contributed by atoms with Crippen molar-refractivity contribution in [1.29, 1.82) is 0 Å². The first-order valence-electron chi connectivity index (χ1n) is 4.96. The molecule has 1 aromatic carbocycles. The molecule has 0 aromatic heterocycles. The predicted octanol–water partition coefficient (Wildman–Crippen LogP) is 1.71. The minimum absolute atomic E-state index is 0.118. The lowest BCUT2D eigenvalue weighted by molar-refractivity contribution is -0.385. The quantitative estimate of drug-likeness (QED) is 0.660. The van der Waals surface area contributed by atoms with Gasteiger partial charge >= 0.3 is 0 Å². The highest BCUT2D eigenvalue weighted by Gasteiger charge is 2.26. The Kier molecular flexibility index (Phi) is 3.28. The van der Waals surface area contributed by atoms with E-state index in [0.29, 0.717) is 13.0 Å². The molecule has 1 unspecified atom stereocenters. The van der Waals surface area contributed by atoms with Gasteiger partial charge in [-0.1, -0.05) is 0 Å². The van der Waals surface area contributed by atoms with Crippen molar-refractivity contribution in [3.63, 3.8) is 0 Å². The van der Waals surface area contributed by atoms with Crippen molar-refractivity contribution in [2.45, 2.75) is 16.6 Å². The highest BCUT2D eigenvalue weighted by molar-refractivity contribution is 8.00. The van der Waals surface area contributed by atoms with Crippen molar-refractivity contribution < 1.29 is 14.1 Å². The number of carbonyl (C=O) groups excluding carboxylic acids is 1. The predicted molar refractivity (Wildman–Crippen MR) is 60.3 cm³/mol. The Morgan fingerprint density at radius 2 is 2.29 bits per heavy atom. The summed E-state index contributed by atoms with van der Waals surface area (Å²) in [6, 6.07) is 3.44. The van der Waals surface area contributed by atoms with E-state index in [1.165, 1.54) is 12.1 Å². The minimum atomic E-state index is -0.663. The van der Waals surface area contributed by atoms with Crippen LogP contribution >= 0.6 is 11.8 Å². The molecule has 1 N–H and O–H groups in total. The van der Waals surface area contributed by atoms with Crippen molar-refractivity contribution in [3.8, 4) is 0 Å². The number of hydrogen-bond acceptors (Lipinski definition) is 4. The van der Waals surface area contributed by atoms with E-state index in [4.69, 9.17) is 0 Å². The van der Waals surface area contributed by atoms with Gasteiger partial charge in [-0.05, 0) is 12.5 Å². The van der Waals surface area contributed by atoms with E-state index in [-0.39, 0.29) is 21.7 Å². The van der Waals surface area contributed by atoms with Gasteiger partial charge in [0.2, 0.25) is 5.91 Å². The van der Waals surface area contributed by atoms with Gasteiger partial charge in [0.15, 0.2) is 0 Å². The highest BCUT2D eigenvalue weighted by Crippen LogP contribution is 2.31. The Hall–Kier alpha value is -1.63. The van der Waals surface area contributed by atoms with Gasteiger partial charge in [-0.2, -0.15) is 0 Å². The third-order valence-electron chi connectivity index (χ3n) is 2.39. The van der Waals surface area contributed by atoms with Crippen LogP contribution in [0.5, 0.6) is 0 Å². The molecule has 0 spiro atoms. The van der Waals surface area contributed by atoms with Gasteiger partial charge in [0.1, 0.15) is 5.82 Å². The van der Waals surface area contributed by atoms with E-state index in [0.717, 1.165) is 17.8 Å². The van der Waals surface area contributed by atoms with E-state index in [2.05, 4.69) is 5.32 Å². The first-order chi connectivity index (χ1) is 8.08. The number of nitro benzene ring substituents is 1. The molecule has 1 aliphatic rings. The number of benzene rings is 1. The van der Waals surface area contributed by atoms with Crippen LogP contribution in [0.25, 0.3) is 0 Å². The third kappa shape index (κ3) is 2.55. The zero-order chi connectivity index (χ0) is 12.4. The first-order valence-corrected chi connectivity index (χ1v) is 5.84. The second kappa shape index (κ2) is 4.70. The van der Waals surface area contributed by atoms with Gasteiger partial charge in [0, 0.05) is 17.5 Å². The lowest BCUT2D eigenvalue weighted by atomic mass is 10.3. The zero-order valence-electron chi connectivity index (χ0n) is 8.68. The average Bonchev–Trinajstić information content (AvgIpc) is 2.67. The maximum Gasteiger partial charge on any atom is 0.272 e. The number of hydrogen-bond donors (Lipinski definition) is 1. The standard InChI is InChI=1S/C10H9FN2O3S/c11-7-5-6(13(15)16)1-2-8(7)17-9-3-4-12-10(9)14/h1-2,5,9H,3-4H2,(H,12,14). The molecule has 1 amide bonds. The van der Waals surface area contributed by atoms with Crippen LogP contribution < -0.4 is 5.32 Å². The molecule has 0 saturated carbocycles. The fraction of sp³-hybridized carbons (Fsp3) is 0.300. The van der Waals surface area contributed by atoms with E-state index < -0.39 is 10.7 Å². The van der Waals surface area contributed by atoms with Crippen molar-refractivity contribution in [1.82, 2.24) is 5.32 Å². The summed E-state index contributed by atoms with van der Waals surface area (Å²) in [5, 5.41) is 12.8. The second-order valence-corrected chi connectivity index (χ2v) is 4.80. The number of thioether (sulfide) groups is 1. The summed E-state index contributed by atoms with van der Waals surface area (Å²) in [6.07, 6.45) is 0.639. The molecule has 1 fully saturated rings. The van der Waals surface area contributed by atoms with Crippen LogP contribution in [0.4, 0.5) is 10.1 Å². The molecule has 17 heavy (non-hydrogen) atoms. The van der Waals surface area contributed by atoms with Gasteiger partial charge in [-0.15, -0.1) is 11.8 Å². The molecule has 7 heteroatoms. The van der Waals surface area contributed by atoms with Crippen LogP contribution in [0, 0.1) is 15.9 Å². The second-order valence-electron chi connectivity index (χ2n) is 3.56. The number of nitrogens with one attached hydrogen (secondary N) is 1. The zero-order valence-corrected chi connectivity index (χ0v) is 9.50. The van der Waals surface area contributed by atoms with Crippen molar-refractivity contribution in [3.05, 3.63) is 34.1 Å². The van der Waals surface area contributed by atoms with Crippen LogP contribution in [-0.4, -0.2) is 22.6 Å². The van der Waals surface area contributed by atoms with Crippen LogP contribution in [0.15, 0.2) is 23.1 Å². The van der Waals surface area contributed by atoms with E-state index in [1.807, 2.05) is 0 Å². The molecule has 1 aromatic rings. The Balaban J connectivity index is 2.16. The number of non-ortho nitro benzene ring substituents is 1. The number of nitrogens with zero attached hydrogens (tertiary/aromatic N) is 1. The van der Waals surface area contributed by atoms with E-state index in [9.17, 15) is 19.3 Å². The number of rotatable bonds is 3. The third-order valence-corrected chi connectivity index (χ3v) is 3.71. The summed E-state index contributed by atoms with van der Waals surface area (Å²) >= 11 is 1.10. The Morgan fingerprint density at radius 1 is 1.53 bits per heavy atom. The van der Waals surface area contributed by atoms with Gasteiger partial charge in [0.25, 0.3) is 5.69 Å². The molecule has 1 atom stereocenters. The molecule has 1 saturated heterocycles. The van der Waals surface area contributed by atoms with Crippen LogP contribution in [0.3, 0.4) is 0 Å². The number of carbonyl (C=O) groups is 1. The van der Waals surface area contributed by atoms with Gasteiger partial charge in [-0.3, -0.25) is 14.9 Å². The normalized spacial score (nSPS) is 19.1. The number of halogens is 1. The lowest BCUT2D eigenvalue weighted by Gasteiger charge is -2.07. The van der Waals surface area contributed by atoms with E-state index in [1.54, 1.807) is 0 Å². The molecular formula is C10H9FN2O3S. The van der Waals surface area contributed by atoms with Crippen molar-refractivity contribution in [2.24, 2.45) is 0 Å². The van der Waals surface area contributed by atoms with Crippen molar-refractivity contribution in [2.75, 3.05) is 6.54 Å².